The minimum absolute atomic E-state index is 0.239. The summed E-state index contributed by atoms with van der Waals surface area (Å²) in [5, 5.41) is 12.2. The Balaban J connectivity index is 1.74. The van der Waals surface area contributed by atoms with Crippen molar-refractivity contribution in [2.24, 2.45) is 0 Å². The van der Waals surface area contributed by atoms with Gasteiger partial charge in [-0.05, 0) is 17.5 Å². The lowest BCUT2D eigenvalue weighted by atomic mass is 10.0. The molecule has 0 radical (unpaired) electrons. The maximum Gasteiger partial charge on any atom is 0.311 e. The molecule has 1 aromatic rings. The largest absolute Gasteiger partial charge is 0.481 e. The molecule has 0 aromatic heterocycles. The number of benzene rings is 1. The number of carbonyl (C=O) groups excluding carboxylic acids is 1. The quantitative estimate of drug-likeness (QED) is 0.861. The van der Waals surface area contributed by atoms with Gasteiger partial charge >= 0.3 is 5.97 Å². The molecular formula is C15H17NO5. The molecule has 112 valence electrons. The van der Waals surface area contributed by atoms with Gasteiger partial charge in [-0.1, -0.05) is 24.3 Å². The predicted molar refractivity (Wildman–Crippen MR) is 72.9 cm³/mol. The van der Waals surface area contributed by atoms with Crippen molar-refractivity contribution in [3.63, 3.8) is 0 Å². The number of rotatable bonds is 3. The van der Waals surface area contributed by atoms with E-state index in [-0.39, 0.29) is 18.6 Å². The van der Waals surface area contributed by atoms with E-state index >= 15 is 0 Å². The van der Waals surface area contributed by atoms with E-state index in [1.807, 2.05) is 18.2 Å². The molecule has 1 aromatic carbocycles. The Morgan fingerprint density at radius 3 is 2.62 bits per heavy atom. The van der Waals surface area contributed by atoms with E-state index in [1.54, 1.807) is 6.07 Å². The average molecular weight is 291 g/mol. The molecule has 1 aliphatic heterocycles. The zero-order chi connectivity index (χ0) is 14.8. The third kappa shape index (κ3) is 2.77. The van der Waals surface area contributed by atoms with Gasteiger partial charge in [0.2, 0.25) is 0 Å². The van der Waals surface area contributed by atoms with E-state index in [9.17, 15) is 14.7 Å². The lowest BCUT2D eigenvalue weighted by molar-refractivity contribution is -0.148. The third-order valence-electron chi connectivity index (χ3n) is 3.94. The summed E-state index contributed by atoms with van der Waals surface area (Å²) < 4.78 is 10.6. The van der Waals surface area contributed by atoms with Crippen LogP contribution in [0.5, 0.6) is 0 Å². The first kappa shape index (κ1) is 14.0. The van der Waals surface area contributed by atoms with Crippen LogP contribution in [-0.4, -0.2) is 42.9 Å². The van der Waals surface area contributed by atoms with Crippen molar-refractivity contribution in [3.05, 3.63) is 35.4 Å². The fourth-order valence-electron chi connectivity index (χ4n) is 2.91. The number of hydrogen-bond donors (Lipinski definition) is 2. The molecule has 0 spiro atoms. The lowest BCUT2D eigenvalue weighted by Crippen LogP contribution is -2.43. The molecule has 2 aliphatic rings. The number of nitrogens with one attached hydrogen (secondary N) is 1. The van der Waals surface area contributed by atoms with Crippen LogP contribution in [0.15, 0.2) is 24.3 Å². The molecule has 3 unspecified atom stereocenters. The van der Waals surface area contributed by atoms with Gasteiger partial charge < -0.3 is 19.9 Å². The highest BCUT2D eigenvalue weighted by atomic mass is 16.6. The fraction of sp³-hybridized carbons (Fsp3) is 0.467. The highest BCUT2D eigenvalue weighted by molar-refractivity contribution is 5.83. The first-order chi connectivity index (χ1) is 10.2. The second kappa shape index (κ2) is 5.83. The SMILES string of the molecule is O=C(NC1CC(C(=O)O)c2ccccc21)C1COCCO1. The summed E-state index contributed by atoms with van der Waals surface area (Å²) in [5.41, 5.74) is 1.64. The number of carbonyl (C=O) groups is 2. The van der Waals surface area contributed by atoms with Crippen LogP contribution in [0.25, 0.3) is 0 Å². The van der Waals surface area contributed by atoms with Gasteiger partial charge in [-0.15, -0.1) is 0 Å². The van der Waals surface area contributed by atoms with Crippen molar-refractivity contribution in [1.82, 2.24) is 5.32 Å². The Labute approximate surface area is 122 Å². The predicted octanol–water partition coefficient (Wildman–Crippen LogP) is 0.831. The summed E-state index contributed by atoms with van der Waals surface area (Å²) in [7, 11) is 0. The molecule has 3 rings (SSSR count). The number of fused-ring (bicyclic) bond motifs is 1. The molecular weight excluding hydrogens is 274 g/mol. The first-order valence-corrected chi connectivity index (χ1v) is 6.98. The van der Waals surface area contributed by atoms with Crippen LogP contribution in [0.3, 0.4) is 0 Å². The minimum atomic E-state index is -0.864. The second-order valence-corrected chi connectivity index (χ2v) is 5.25. The van der Waals surface area contributed by atoms with Gasteiger partial charge in [0.1, 0.15) is 0 Å². The Morgan fingerprint density at radius 2 is 1.95 bits per heavy atom. The van der Waals surface area contributed by atoms with Gasteiger partial charge in [-0.3, -0.25) is 9.59 Å². The topological polar surface area (TPSA) is 84.9 Å². The molecule has 1 amide bonds. The molecule has 6 nitrogen and oxygen atoms in total. The molecule has 6 heteroatoms. The number of carboxylic acids is 1. The number of ether oxygens (including phenoxy) is 2. The maximum atomic E-state index is 12.2. The van der Waals surface area contributed by atoms with Crippen LogP contribution in [0.1, 0.15) is 29.5 Å². The summed E-state index contributed by atoms with van der Waals surface area (Å²) in [4.78, 5) is 23.5. The van der Waals surface area contributed by atoms with Crippen LogP contribution < -0.4 is 5.32 Å². The van der Waals surface area contributed by atoms with E-state index in [0.717, 1.165) is 11.1 Å². The Kier molecular flexibility index (Phi) is 3.90. The van der Waals surface area contributed by atoms with Crippen molar-refractivity contribution in [2.45, 2.75) is 24.5 Å². The monoisotopic (exact) mass is 291 g/mol. The van der Waals surface area contributed by atoms with E-state index in [0.29, 0.717) is 19.6 Å². The van der Waals surface area contributed by atoms with Crippen molar-refractivity contribution < 1.29 is 24.2 Å². The number of amides is 1. The fourth-order valence-corrected chi connectivity index (χ4v) is 2.91. The Morgan fingerprint density at radius 1 is 1.19 bits per heavy atom. The van der Waals surface area contributed by atoms with Gasteiger partial charge in [0.05, 0.1) is 31.8 Å². The molecule has 0 bridgehead atoms. The van der Waals surface area contributed by atoms with Crippen molar-refractivity contribution in [1.29, 1.82) is 0 Å². The van der Waals surface area contributed by atoms with Crippen molar-refractivity contribution in [2.75, 3.05) is 19.8 Å². The summed E-state index contributed by atoms with van der Waals surface area (Å²) in [6, 6.07) is 7.04. The zero-order valence-electron chi connectivity index (χ0n) is 11.5. The molecule has 21 heavy (non-hydrogen) atoms. The number of carboxylic acid groups (broad SMARTS) is 1. The number of aliphatic carboxylic acids is 1. The van der Waals surface area contributed by atoms with Gasteiger partial charge in [0.25, 0.3) is 5.91 Å². The highest BCUT2D eigenvalue weighted by Crippen LogP contribution is 2.40. The minimum Gasteiger partial charge on any atom is -0.481 e. The van der Waals surface area contributed by atoms with Crippen LogP contribution in [0, 0.1) is 0 Å². The van der Waals surface area contributed by atoms with Crippen LogP contribution in [-0.2, 0) is 19.1 Å². The standard InChI is InChI=1S/C15H17NO5/c17-14(13-8-20-5-6-21-13)16-12-7-11(15(18)19)9-3-1-2-4-10(9)12/h1-4,11-13H,5-8H2,(H,16,17)(H,18,19). The Hall–Kier alpha value is -1.92. The average Bonchev–Trinajstić information content (AvgIpc) is 2.87. The van der Waals surface area contributed by atoms with Crippen molar-refractivity contribution in [3.8, 4) is 0 Å². The maximum absolute atomic E-state index is 12.2. The van der Waals surface area contributed by atoms with Crippen LogP contribution in [0.2, 0.25) is 0 Å². The van der Waals surface area contributed by atoms with Gasteiger partial charge in [0.15, 0.2) is 6.10 Å². The van der Waals surface area contributed by atoms with Gasteiger partial charge in [0, 0.05) is 0 Å². The first-order valence-electron chi connectivity index (χ1n) is 6.98. The summed E-state index contributed by atoms with van der Waals surface area (Å²) in [6.45, 7) is 1.14. The van der Waals surface area contributed by atoms with Gasteiger partial charge in [-0.25, -0.2) is 0 Å². The van der Waals surface area contributed by atoms with Gasteiger partial charge in [-0.2, -0.15) is 0 Å². The molecule has 1 saturated heterocycles. The zero-order valence-corrected chi connectivity index (χ0v) is 11.5. The summed E-state index contributed by atoms with van der Waals surface area (Å²) >= 11 is 0. The van der Waals surface area contributed by atoms with E-state index in [4.69, 9.17) is 9.47 Å². The van der Waals surface area contributed by atoms with Crippen LogP contribution >= 0.6 is 0 Å². The highest BCUT2D eigenvalue weighted by Gasteiger charge is 2.37. The molecule has 1 fully saturated rings. The van der Waals surface area contributed by atoms with Crippen LogP contribution in [0.4, 0.5) is 0 Å². The third-order valence-corrected chi connectivity index (χ3v) is 3.94. The summed E-state index contributed by atoms with van der Waals surface area (Å²) in [6.07, 6.45) is -0.247. The van der Waals surface area contributed by atoms with E-state index in [2.05, 4.69) is 5.32 Å². The lowest BCUT2D eigenvalue weighted by Gasteiger charge is -2.24. The summed E-state index contributed by atoms with van der Waals surface area (Å²) in [5.74, 6) is -1.69. The van der Waals surface area contributed by atoms with E-state index in [1.165, 1.54) is 0 Å². The molecule has 2 N–H and O–H groups in total. The molecule has 0 saturated carbocycles. The smallest absolute Gasteiger partial charge is 0.311 e. The number of hydrogen-bond acceptors (Lipinski definition) is 4. The molecule has 1 heterocycles. The normalized spacial score (nSPS) is 27.9. The molecule has 1 aliphatic carbocycles. The Bertz CT molecular complexity index is 553. The molecule has 3 atom stereocenters. The second-order valence-electron chi connectivity index (χ2n) is 5.25. The van der Waals surface area contributed by atoms with E-state index < -0.39 is 18.0 Å². The van der Waals surface area contributed by atoms with Crippen molar-refractivity contribution >= 4 is 11.9 Å².